The van der Waals surface area contributed by atoms with Gasteiger partial charge in [0.25, 0.3) is 0 Å². The van der Waals surface area contributed by atoms with Crippen molar-refractivity contribution in [3.63, 3.8) is 0 Å². The Hall–Kier alpha value is -1.38. The number of ether oxygens (including phenoxy) is 2. The molecule has 0 spiro atoms. The fraction of sp³-hybridized carbons (Fsp3) is 0.917. The summed E-state index contributed by atoms with van der Waals surface area (Å²) in [6.07, 6.45) is 5.53. The van der Waals surface area contributed by atoms with Gasteiger partial charge in [-0.2, -0.15) is 0 Å². The molecule has 184 valence electrons. The van der Waals surface area contributed by atoms with Crippen molar-refractivity contribution in [3.05, 3.63) is 0 Å². The highest BCUT2D eigenvalue weighted by molar-refractivity contribution is 5.71. The summed E-state index contributed by atoms with van der Waals surface area (Å²) in [6.45, 7) is 15.6. The van der Waals surface area contributed by atoms with Gasteiger partial charge < -0.3 is 19.3 Å². The SMILES string of the molecule is COC(=O)CN1CCC(N2CCN(CCC3CCN(C(=O)OC(C)(C)C)CC3)CC2)CC1. The highest BCUT2D eigenvalue weighted by atomic mass is 16.6. The minimum absolute atomic E-state index is 0.132. The van der Waals surface area contributed by atoms with Crippen molar-refractivity contribution in [1.29, 1.82) is 0 Å². The van der Waals surface area contributed by atoms with Crippen LogP contribution < -0.4 is 0 Å². The Morgan fingerprint density at radius 2 is 1.47 bits per heavy atom. The number of hydrogen-bond donors (Lipinski definition) is 0. The second-order valence-corrected chi connectivity index (χ2v) is 10.7. The first-order chi connectivity index (χ1) is 15.2. The highest BCUT2D eigenvalue weighted by Crippen LogP contribution is 2.23. The molecule has 0 aromatic rings. The van der Waals surface area contributed by atoms with Crippen molar-refractivity contribution >= 4 is 12.1 Å². The van der Waals surface area contributed by atoms with Crippen LogP contribution in [0.25, 0.3) is 0 Å². The van der Waals surface area contributed by atoms with E-state index in [1.165, 1.54) is 20.1 Å². The molecule has 1 amide bonds. The van der Waals surface area contributed by atoms with Gasteiger partial charge in [-0.3, -0.25) is 14.6 Å². The van der Waals surface area contributed by atoms with E-state index in [2.05, 4.69) is 14.7 Å². The molecule has 3 saturated heterocycles. The molecule has 3 rings (SSSR count). The smallest absolute Gasteiger partial charge is 0.410 e. The van der Waals surface area contributed by atoms with Crippen LogP contribution in [-0.4, -0.2) is 116 Å². The van der Waals surface area contributed by atoms with Crippen molar-refractivity contribution < 1.29 is 19.1 Å². The second-order valence-electron chi connectivity index (χ2n) is 10.7. The van der Waals surface area contributed by atoms with Crippen molar-refractivity contribution in [2.45, 2.75) is 64.5 Å². The molecule has 0 N–H and O–H groups in total. The number of carbonyl (C=O) groups is 2. The third-order valence-corrected chi connectivity index (χ3v) is 7.18. The van der Waals surface area contributed by atoms with E-state index in [-0.39, 0.29) is 12.1 Å². The molecule has 0 aromatic carbocycles. The van der Waals surface area contributed by atoms with Crippen LogP contribution in [0, 0.1) is 5.92 Å². The summed E-state index contributed by atoms with van der Waals surface area (Å²) in [5.74, 6) is 0.582. The molecule has 0 aliphatic carbocycles. The van der Waals surface area contributed by atoms with E-state index in [1.54, 1.807) is 0 Å². The standard InChI is InChI=1S/C24H44N4O4/c1-24(2,3)32-23(30)28-13-6-20(7-14-28)5-10-25-15-17-27(18-16-25)21-8-11-26(12-9-21)19-22(29)31-4/h20-21H,5-19H2,1-4H3. The van der Waals surface area contributed by atoms with Crippen LogP contribution in [0.5, 0.6) is 0 Å². The first-order valence-electron chi connectivity index (χ1n) is 12.5. The molecular weight excluding hydrogens is 408 g/mol. The van der Waals surface area contributed by atoms with Crippen LogP contribution in [0.1, 0.15) is 52.9 Å². The number of esters is 1. The fourth-order valence-corrected chi connectivity index (χ4v) is 5.14. The number of hydrogen-bond acceptors (Lipinski definition) is 7. The molecule has 0 saturated carbocycles. The molecule has 0 bridgehead atoms. The molecule has 32 heavy (non-hydrogen) atoms. The van der Waals surface area contributed by atoms with E-state index >= 15 is 0 Å². The summed E-state index contributed by atoms with van der Waals surface area (Å²) in [7, 11) is 1.46. The Morgan fingerprint density at radius 3 is 2.03 bits per heavy atom. The van der Waals surface area contributed by atoms with Gasteiger partial charge in [-0.15, -0.1) is 0 Å². The highest BCUT2D eigenvalue weighted by Gasteiger charge is 2.30. The van der Waals surface area contributed by atoms with Crippen molar-refractivity contribution in [2.24, 2.45) is 5.92 Å². The molecular formula is C24H44N4O4. The number of carbonyl (C=O) groups excluding carboxylic acids is 2. The molecule has 0 aromatic heterocycles. The van der Waals surface area contributed by atoms with Gasteiger partial charge in [0.15, 0.2) is 0 Å². The number of methoxy groups -OCH3 is 1. The van der Waals surface area contributed by atoms with Crippen LogP contribution >= 0.6 is 0 Å². The molecule has 3 aliphatic rings. The van der Waals surface area contributed by atoms with E-state index in [1.807, 2.05) is 25.7 Å². The minimum Gasteiger partial charge on any atom is -0.468 e. The lowest BCUT2D eigenvalue weighted by Crippen LogP contribution is -2.53. The predicted octanol–water partition coefficient (Wildman–Crippen LogP) is 2.28. The van der Waals surface area contributed by atoms with Gasteiger partial charge in [0.05, 0.1) is 13.7 Å². The number of likely N-dealkylation sites (tertiary alicyclic amines) is 2. The maximum atomic E-state index is 12.2. The first-order valence-corrected chi connectivity index (χ1v) is 12.5. The third-order valence-electron chi connectivity index (χ3n) is 7.18. The molecule has 0 radical (unpaired) electrons. The van der Waals surface area contributed by atoms with Crippen LogP contribution in [0.2, 0.25) is 0 Å². The van der Waals surface area contributed by atoms with Gasteiger partial charge in [-0.1, -0.05) is 0 Å². The number of piperidine rings is 2. The molecule has 8 heteroatoms. The summed E-state index contributed by atoms with van der Waals surface area (Å²) in [5.41, 5.74) is -0.420. The van der Waals surface area contributed by atoms with E-state index in [0.29, 0.717) is 18.5 Å². The van der Waals surface area contributed by atoms with Gasteiger partial charge in [-0.25, -0.2) is 4.79 Å². The molecule has 3 heterocycles. The number of rotatable bonds is 6. The van der Waals surface area contributed by atoms with E-state index < -0.39 is 5.60 Å². The summed E-state index contributed by atoms with van der Waals surface area (Å²) >= 11 is 0. The van der Waals surface area contributed by atoms with Gasteiger partial charge in [0.1, 0.15) is 5.60 Å². The molecule has 8 nitrogen and oxygen atoms in total. The van der Waals surface area contributed by atoms with Crippen LogP contribution in [-0.2, 0) is 14.3 Å². The number of piperazine rings is 1. The second kappa shape index (κ2) is 11.7. The summed E-state index contributed by atoms with van der Waals surface area (Å²) in [4.78, 5) is 33.1. The number of nitrogens with zero attached hydrogens (tertiary/aromatic N) is 4. The fourth-order valence-electron chi connectivity index (χ4n) is 5.14. The Kier molecular flexibility index (Phi) is 9.20. The van der Waals surface area contributed by atoms with Crippen LogP contribution in [0.4, 0.5) is 4.79 Å². The average molecular weight is 453 g/mol. The van der Waals surface area contributed by atoms with Crippen LogP contribution in [0.3, 0.4) is 0 Å². The number of amides is 1. The summed E-state index contributed by atoms with van der Waals surface area (Å²) in [5, 5.41) is 0. The monoisotopic (exact) mass is 452 g/mol. The Bertz CT molecular complexity index is 600. The quantitative estimate of drug-likeness (QED) is 0.573. The van der Waals surface area contributed by atoms with Crippen LogP contribution in [0.15, 0.2) is 0 Å². The third kappa shape index (κ3) is 7.89. The molecule has 3 fully saturated rings. The minimum atomic E-state index is -0.420. The predicted molar refractivity (Wildman–Crippen MR) is 125 cm³/mol. The van der Waals surface area contributed by atoms with Crippen molar-refractivity contribution in [1.82, 2.24) is 19.6 Å². The summed E-state index contributed by atoms with van der Waals surface area (Å²) < 4.78 is 10.3. The zero-order valence-corrected chi connectivity index (χ0v) is 20.7. The maximum absolute atomic E-state index is 12.2. The lowest BCUT2D eigenvalue weighted by atomic mass is 9.93. The zero-order valence-electron chi connectivity index (χ0n) is 20.7. The molecule has 0 atom stereocenters. The van der Waals surface area contributed by atoms with Gasteiger partial charge in [0.2, 0.25) is 0 Å². The van der Waals surface area contributed by atoms with Crippen molar-refractivity contribution in [2.75, 3.05) is 72.6 Å². The van der Waals surface area contributed by atoms with E-state index in [9.17, 15) is 9.59 Å². The Balaban J connectivity index is 1.28. The normalized spacial score (nSPS) is 23.3. The van der Waals surface area contributed by atoms with Gasteiger partial charge in [-0.05, 0) is 65.3 Å². The lowest BCUT2D eigenvalue weighted by molar-refractivity contribution is -0.142. The Labute approximate surface area is 194 Å². The maximum Gasteiger partial charge on any atom is 0.410 e. The summed E-state index contributed by atoms with van der Waals surface area (Å²) in [6, 6.07) is 0.656. The van der Waals surface area contributed by atoms with Gasteiger partial charge in [0, 0.05) is 58.4 Å². The molecule has 0 unspecified atom stereocenters. The van der Waals surface area contributed by atoms with Gasteiger partial charge >= 0.3 is 12.1 Å². The largest absolute Gasteiger partial charge is 0.468 e. The zero-order chi connectivity index (χ0) is 23.1. The first kappa shape index (κ1) is 25.2. The Morgan fingerprint density at radius 1 is 0.844 bits per heavy atom. The topological polar surface area (TPSA) is 65.6 Å². The molecule has 3 aliphatic heterocycles. The average Bonchev–Trinajstić information content (AvgIpc) is 2.78. The van der Waals surface area contributed by atoms with Crippen molar-refractivity contribution in [3.8, 4) is 0 Å². The van der Waals surface area contributed by atoms with E-state index in [4.69, 9.17) is 9.47 Å². The van der Waals surface area contributed by atoms with E-state index in [0.717, 1.165) is 78.0 Å². The lowest BCUT2D eigenvalue weighted by Gasteiger charge is -2.43.